The Morgan fingerprint density at radius 1 is 1.55 bits per heavy atom. The van der Waals surface area contributed by atoms with Crippen molar-refractivity contribution in [3.63, 3.8) is 0 Å². The van der Waals surface area contributed by atoms with Crippen LogP contribution in [0.4, 0.5) is 0 Å². The maximum atomic E-state index is 4.34. The number of thiol groups is 1. The lowest BCUT2D eigenvalue weighted by Crippen LogP contribution is -2.11. The van der Waals surface area contributed by atoms with Crippen LogP contribution in [-0.2, 0) is 6.54 Å². The van der Waals surface area contributed by atoms with Gasteiger partial charge in [0, 0.05) is 18.9 Å². The third kappa shape index (κ3) is 1.43. The molecule has 0 N–H and O–H groups in total. The number of hydrogen-bond donors (Lipinski definition) is 1. The quantitative estimate of drug-likeness (QED) is 0.679. The lowest BCUT2D eigenvalue weighted by atomic mass is 10.1. The molecule has 1 fully saturated rings. The molecule has 1 saturated carbocycles. The molecule has 0 saturated heterocycles. The Labute approximate surface area is 72.0 Å². The molecule has 11 heavy (non-hydrogen) atoms. The first-order valence-corrected chi connectivity index (χ1v) is 4.55. The van der Waals surface area contributed by atoms with E-state index in [2.05, 4.69) is 22.2 Å². The zero-order valence-electron chi connectivity index (χ0n) is 6.40. The van der Waals surface area contributed by atoms with E-state index >= 15 is 0 Å². The monoisotopic (exact) mass is 168 g/mol. The summed E-state index contributed by atoms with van der Waals surface area (Å²) in [5.74, 6) is 1.01. The second-order valence-corrected chi connectivity index (χ2v) is 3.71. The molecule has 1 aliphatic carbocycles. The molecule has 1 aromatic heterocycles. The van der Waals surface area contributed by atoms with Crippen LogP contribution in [0, 0.1) is 5.41 Å². The lowest BCUT2D eigenvalue weighted by molar-refractivity contribution is 0.473. The summed E-state index contributed by atoms with van der Waals surface area (Å²) in [5.41, 5.74) is 0.504. The molecule has 0 aromatic carbocycles. The summed E-state index contributed by atoms with van der Waals surface area (Å²) in [6, 6.07) is 0. The molecule has 1 heterocycles. The van der Waals surface area contributed by atoms with Crippen molar-refractivity contribution in [1.82, 2.24) is 9.55 Å². The number of hydrogen-bond acceptors (Lipinski definition) is 2. The van der Waals surface area contributed by atoms with E-state index in [0.29, 0.717) is 5.41 Å². The molecule has 1 aromatic rings. The van der Waals surface area contributed by atoms with Gasteiger partial charge in [-0.3, -0.25) is 0 Å². The largest absolute Gasteiger partial charge is 0.337 e. The summed E-state index contributed by atoms with van der Waals surface area (Å²) in [5, 5.41) is 0. The fourth-order valence-corrected chi connectivity index (χ4v) is 1.73. The van der Waals surface area contributed by atoms with Crippen molar-refractivity contribution in [2.24, 2.45) is 5.41 Å². The fourth-order valence-electron chi connectivity index (χ4n) is 1.31. The third-order valence-electron chi connectivity index (χ3n) is 2.37. The van der Waals surface area contributed by atoms with E-state index in [1.54, 1.807) is 0 Å². The first kappa shape index (κ1) is 7.22. The van der Waals surface area contributed by atoms with Crippen LogP contribution < -0.4 is 0 Å². The van der Waals surface area contributed by atoms with E-state index < -0.39 is 0 Å². The molecule has 2 rings (SSSR count). The lowest BCUT2D eigenvalue weighted by Gasteiger charge is -2.11. The molecule has 60 valence electrons. The predicted molar refractivity (Wildman–Crippen MR) is 47.7 cm³/mol. The Balaban J connectivity index is 2.01. The molecule has 0 spiro atoms. The average molecular weight is 168 g/mol. The van der Waals surface area contributed by atoms with E-state index in [-0.39, 0.29) is 0 Å². The maximum Gasteiger partial charge on any atom is 0.0946 e. The van der Waals surface area contributed by atoms with Gasteiger partial charge in [-0.2, -0.15) is 12.6 Å². The molecular weight excluding hydrogens is 156 g/mol. The number of imidazole rings is 1. The summed E-state index contributed by atoms with van der Waals surface area (Å²) in [6.07, 6.45) is 8.38. The highest BCUT2D eigenvalue weighted by Crippen LogP contribution is 2.47. The summed E-state index contributed by atoms with van der Waals surface area (Å²) < 4.78 is 2.14. The van der Waals surface area contributed by atoms with E-state index in [1.807, 2.05) is 18.7 Å². The Morgan fingerprint density at radius 2 is 2.36 bits per heavy atom. The van der Waals surface area contributed by atoms with Crippen molar-refractivity contribution in [3.05, 3.63) is 18.7 Å². The van der Waals surface area contributed by atoms with Gasteiger partial charge < -0.3 is 4.57 Å². The zero-order valence-corrected chi connectivity index (χ0v) is 7.30. The van der Waals surface area contributed by atoms with Crippen LogP contribution >= 0.6 is 12.6 Å². The van der Waals surface area contributed by atoms with Crippen molar-refractivity contribution in [1.29, 1.82) is 0 Å². The number of nitrogens with zero attached hydrogens (tertiary/aromatic N) is 2. The summed E-state index contributed by atoms with van der Waals surface area (Å²) in [4.78, 5) is 4.01. The Morgan fingerprint density at radius 3 is 2.82 bits per heavy atom. The van der Waals surface area contributed by atoms with Crippen molar-refractivity contribution in [3.8, 4) is 0 Å². The molecule has 0 bridgehead atoms. The second kappa shape index (κ2) is 2.55. The van der Waals surface area contributed by atoms with Crippen molar-refractivity contribution in [2.75, 3.05) is 5.75 Å². The van der Waals surface area contributed by atoms with Gasteiger partial charge in [0.15, 0.2) is 0 Å². The van der Waals surface area contributed by atoms with E-state index in [1.165, 1.54) is 12.8 Å². The Hall–Kier alpha value is -0.440. The van der Waals surface area contributed by atoms with Crippen molar-refractivity contribution < 1.29 is 0 Å². The molecule has 0 atom stereocenters. The highest BCUT2D eigenvalue weighted by atomic mass is 32.1. The molecule has 2 nitrogen and oxygen atoms in total. The van der Waals surface area contributed by atoms with Crippen LogP contribution in [-0.4, -0.2) is 15.3 Å². The fraction of sp³-hybridized carbons (Fsp3) is 0.625. The number of aromatic nitrogens is 2. The topological polar surface area (TPSA) is 17.8 Å². The zero-order chi connectivity index (χ0) is 7.73. The molecular formula is C8H12N2S. The number of rotatable bonds is 3. The van der Waals surface area contributed by atoms with Gasteiger partial charge in [0.2, 0.25) is 0 Å². The summed E-state index contributed by atoms with van der Waals surface area (Å²) in [7, 11) is 0. The third-order valence-corrected chi connectivity index (χ3v) is 3.04. The van der Waals surface area contributed by atoms with E-state index in [0.717, 1.165) is 12.3 Å². The minimum atomic E-state index is 0.504. The molecule has 0 aliphatic heterocycles. The molecule has 1 aliphatic rings. The Kier molecular flexibility index (Phi) is 1.68. The molecule has 0 radical (unpaired) electrons. The molecule has 0 unspecified atom stereocenters. The predicted octanol–water partition coefficient (Wildman–Crippen LogP) is 1.59. The smallest absolute Gasteiger partial charge is 0.0946 e. The van der Waals surface area contributed by atoms with Crippen LogP contribution in [0.3, 0.4) is 0 Å². The van der Waals surface area contributed by atoms with Crippen LogP contribution in [0.1, 0.15) is 12.8 Å². The van der Waals surface area contributed by atoms with Gasteiger partial charge in [0.25, 0.3) is 0 Å². The minimum Gasteiger partial charge on any atom is -0.337 e. The van der Waals surface area contributed by atoms with Gasteiger partial charge in [-0.05, 0) is 24.0 Å². The highest BCUT2D eigenvalue weighted by Gasteiger charge is 2.41. The summed E-state index contributed by atoms with van der Waals surface area (Å²) >= 11 is 4.34. The first-order valence-electron chi connectivity index (χ1n) is 3.91. The SMILES string of the molecule is SCC1(Cn2ccnc2)CC1. The Bertz CT molecular complexity index is 226. The standard InChI is InChI=1S/C8H12N2S/c11-6-8(1-2-8)5-10-4-3-9-7-10/h3-4,7,11H,1-2,5-6H2. The van der Waals surface area contributed by atoms with Crippen LogP contribution in [0.2, 0.25) is 0 Å². The minimum absolute atomic E-state index is 0.504. The average Bonchev–Trinajstić information content (AvgIpc) is 2.59. The van der Waals surface area contributed by atoms with Gasteiger partial charge in [0.05, 0.1) is 6.33 Å². The van der Waals surface area contributed by atoms with Crippen LogP contribution in [0.15, 0.2) is 18.7 Å². The summed E-state index contributed by atoms with van der Waals surface area (Å²) in [6.45, 7) is 1.09. The van der Waals surface area contributed by atoms with Crippen molar-refractivity contribution >= 4 is 12.6 Å². The maximum absolute atomic E-state index is 4.34. The van der Waals surface area contributed by atoms with Crippen LogP contribution in [0.5, 0.6) is 0 Å². The first-order chi connectivity index (χ1) is 5.35. The highest BCUT2D eigenvalue weighted by molar-refractivity contribution is 7.80. The van der Waals surface area contributed by atoms with E-state index in [9.17, 15) is 0 Å². The molecule has 0 amide bonds. The second-order valence-electron chi connectivity index (χ2n) is 3.39. The van der Waals surface area contributed by atoms with Gasteiger partial charge in [-0.25, -0.2) is 4.98 Å². The van der Waals surface area contributed by atoms with Crippen LogP contribution in [0.25, 0.3) is 0 Å². The molecule has 3 heteroatoms. The van der Waals surface area contributed by atoms with Gasteiger partial charge in [-0.15, -0.1) is 0 Å². The normalized spacial score (nSPS) is 20.1. The van der Waals surface area contributed by atoms with E-state index in [4.69, 9.17) is 0 Å². The van der Waals surface area contributed by atoms with Gasteiger partial charge in [0.1, 0.15) is 0 Å². The van der Waals surface area contributed by atoms with Crippen molar-refractivity contribution in [2.45, 2.75) is 19.4 Å². The van der Waals surface area contributed by atoms with Gasteiger partial charge >= 0.3 is 0 Å². The van der Waals surface area contributed by atoms with Gasteiger partial charge in [-0.1, -0.05) is 0 Å².